The summed E-state index contributed by atoms with van der Waals surface area (Å²) in [7, 11) is 1.50. The van der Waals surface area contributed by atoms with E-state index in [-0.39, 0.29) is 6.54 Å². The quantitative estimate of drug-likeness (QED) is 0.575. The average Bonchev–Trinajstić information content (AvgIpc) is 2.28. The van der Waals surface area contributed by atoms with Crippen LogP contribution in [0.25, 0.3) is 0 Å². The van der Waals surface area contributed by atoms with Gasteiger partial charge in [0.1, 0.15) is 0 Å². The van der Waals surface area contributed by atoms with Crippen LogP contribution in [0.3, 0.4) is 0 Å². The second kappa shape index (κ2) is 3.94. The van der Waals surface area contributed by atoms with E-state index >= 15 is 0 Å². The molecule has 5 heteroatoms. The number of carbonyl (C=O) groups is 1. The molecule has 68 valence electrons. The third kappa shape index (κ3) is 2.11. The predicted molar refractivity (Wildman–Crippen MR) is 43.5 cm³/mol. The molecule has 1 rings (SSSR count). The van der Waals surface area contributed by atoms with Crippen LogP contribution in [0, 0.1) is 0 Å². The van der Waals surface area contributed by atoms with Gasteiger partial charge in [-0.3, -0.25) is 9.89 Å². The van der Waals surface area contributed by atoms with Crippen molar-refractivity contribution in [3.63, 3.8) is 0 Å². The van der Waals surface area contributed by atoms with Gasteiger partial charge in [-0.05, 0) is 6.42 Å². The van der Waals surface area contributed by atoms with Gasteiger partial charge in [-0.25, -0.2) is 4.79 Å². The van der Waals surface area contributed by atoms with Crippen molar-refractivity contribution in [2.45, 2.75) is 6.42 Å². The van der Waals surface area contributed by atoms with Gasteiger partial charge in [0.15, 0.2) is 0 Å². The maximum atomic E-state index is 10.6. The molecule has 0 aliphatic carbocycles. The first kappa shape index (κ1) is 8.83. The van der Waals surface area contributed by atoms with E-state index in [2.05, 4.69) is 4.99 Å². The van der Waals surface area contributed by atoms with Crippen LogP contribution in [0.2, 0.25) is 0 Å². The monoisotopic (exact) mass is 172 g/mol. The molecule has 0 atom stereocenters. The summed E-state index contributed by atoms with van der Waals surface area (Å²) in [5, 5.41) is 8.69. The van der Waals surface area contributed by atoms with Gasteiger partial charge in [-0.15, -0.1) is 0 Å². The van der Waals surface area contributed by atoms with E-state index in [0.717, 1.165) is 6.42 Å². The SMILES string of the molecule is COC1=NCCCN(C(=O)O)C1. The first-order chi connectivity index (χ1) is 5.74. The van der Waals surface area contributed by atoms with E-state index in [4.69, 9.17) is 9.84 Å². The maximum absolute atomic E-state index is 10.6. The molecule has 1 N–H and O–H groups in total. The lowest BCUT2D eigenvalue weighted by atomic mass is 10.4. The Hall–Kier alpha value is -1.26. The standard InChI is InChI=1S/C7H12N2O3/c1-12-6-5-9(7(10)11)4-2-3-8-6/h2-5H2,1H3,(H,10,11). The summed E-state index contributed by atoms with van der Waals surface area (Å²) >= 11 is 0. The number of amides is 1. The number of hydrogen-bond donors (Lipinski definition) is 1. The molecule has 0 aromatic carbocycles. The minimum atomic E-state index is -0.915. The highest BCUT2D eigenvalue weighted by Crippen LogP contribution is 2.00. The van der Waals surface area contributed by atoms with Crippen molar-refractivity contribution in [1.82, 2.24) is 4.90 Å². The molecule has 0 fully saturated rings. The number of aliphatic imine (C=N–C) groups is 1. The van der Waals surface area contributed by atoms with Crippen LogP contribution < -0.4 is 0 Å². The fourth-order valence-corrected chi connectivity index (χ4v) is 1.05. The number of rotatable bonds is 0. The number of ether oxygens (including phenoxy) is 1. The summed E-state index contributed by atoms with van der Waals surface area (Å²) in [5.41, 5.74) is 0. The molecule has 0 bridgehead atoms. The lowest BCUT2D eigenvalue weighted by molar-refractivity contribution is 0.150. The van der Waals surface area contributed by atoms with E-state index in [1.165, 1.54) is 12.0 Å². The maximum Gasteiger partial charge on any atom is 0.407 e. The minimum Gasteiger partial charge on any atom is -0.483 e. The van der Waals surface area contributed by atoms with E-state index < -0.39 is 6.09 Å². The fraction of sp³-hybridized carbons (Fsp3) is 0.714. The van der Waals surface area contributed by atoms with Crippen LogP contribution in [-0.4, -0.2) is 48.7 Å². The predicted octanol–water partition coefficient (Wildman–Crippen LogP) is 0.415. The summed E-state index contributed by atoms with van der Waals surface area (Å²) in [6.07, 6.45) is -0.152. The van der Waals surface area contributed by atoms with Crippen LogP contribution in [0.1, 0.15) is 6.42 Å². The van der Waals surface area contributed by atoms with Crippen molar-refractivity contribution in [3.8, 4) is 0 Å². The molecule has 1 aliphatic rings. The van der Waals surface area contributed by atoms with Gasteiger partial charge >= 0.3 is 6.09 Å². The van der Waals surface area contributed by atoms with Crippen LogP contribution in [-0.2, 0) is 4.74 Å². The molecule has 0 aromatic rings. The van der Waals surface area contributed by atoms with Crippen molar-refractivity contribution in [2.75, 3.05) is 26.7 Å². The van der Waals surface area contributed by atoms with Crippen LogP contribution in [0.15, 0.2) is 4.99 Å². The van der Waals surface area contributed by atoms with Crippen molar-refractivity contribution in [1.29, 1.82) is 0 Å². The Bertz CT molecular complexity index is 203. The summed E-state index contributed by atoms with van der Waals surface area (Å²) < 4.78 is 4.90. The molecule has 0 saturated carbocycles. The summed E-state index contributed by atoms with van der Waals surface area (Å²) in [6.45, 7) is 1.45. The molecule has 5 nitrogen and oxygen atoms in total. The molecule has 0 unspecified atom stereocenters. The third-order valence-corrected chi connectivity index (χ3v) is 1.71. The molecule has 0 spiro atoms. The van der Waals surface area contributed by atoms with Crippen molar-refractivity contribution in [3.05, 3.63) is 0 Å². The van der Waals surface area contributed by atoms with Crippen LogP contribution >= 0.6 is 0 Å². The van der Waals surface area contributed by atoms with E-state index in [0.29, 0.717) is 19.0 Å². The molecular weight excluding hydrogens is 160 g/mol. The number of nitrogens with zero attached hydrogens (tertiary/aromatic N) is 2. The molecule has 1 amide bonds. The van der Waals surface area contributed by atoms with Gasteiger partial charge in [-0.1, -0.05) is 0 Å². The Morgan fingerprint density at radius 3 is 3.08 bits per heavy atom. The highest BCUT2D eigenvalue weighted by molar-refractivity contribution is 5.82. The first-order valence-corrected chi connectivity index (χ1v) is 3.79. The van der Waals surface area contributed by atoms with Crippen LogP contribution in [0.5, 0.6) is 0 Å². The topological polar surface area (TPSA) is 62.1 Å². The number of methoxy groups -OCH3 is 1. The zero-order chi connectivity index (χ0) is 8.97. The second-order valence-electron chi connectivity index (χ2n) is 2.54. The smallest absolute Gasteiger partial charge is 0.407 e. The lowest BCUT2D eigenvalue weighted by Gasteiger charge is -2.15. The fourth-order valence-electron chi connectivity index (χ4n) is 1.05. The van der Waals surface area contributed by atoms with Gasteiger partial charge in [-0.2, -0.15) is 0 Å². The molecular formula is C7H12N2O3. The normalized spacial score (nSPS) is 18.1. The van der Waals surface area contributed by atoms with Gasteiger partial charge in [0.05, 0.1) is 13.7 Å². The molecule has 0 aromatic heterocycles. The number of carboxylic acid groups (broad SMARTS) is 1. The first-order valence-electron chi connectivity index (χ1n) is 3.79. The highest BCUT2D eigenvalue weighted by Gasteiger charge is 2.16. The average molecular weight is 172 g/mol. The van der Waals surface area contributed by atoms with Crippen LogP contribution in [0.4, 0.5) is 4.79 Å². The van der Waals surface area contributed by atoms with Crippen molar-refractivity contribution in [2.24, 2.45) is 4.99 Å². The van der Waals surface area contributed by atoms with Crippen molar-refractivity contribution < 1.29 is 14.6 Å². The van der Waals surface area contributed by atoms with Gasteiger partial charge in [0.25, 0.3) is 0 Å². The molecule has 12 heavy (non-hydrogen) atoms. The van der Waals surface area contributed by atoms with Gasteiger partial charge in [0.2, 0.25) is 5.90 Å². The van der Waals surface area contributed by atoms with E-state index in [1.807, 2.05) is 0 Å². The molecule has 0 saturated heterocycles. The highest BCUT2D eigenvalue weighted by atomic mass is 16.5. The molecule has 0 radical (unpaired) electrons. The van der Waals surface area contributed by atoms with E-state index in [9.17, 15) is 4.79 Å². The molecule has 1 heterocycles. The Morgan fingerprint density at radius 1 is 1.75 bits per heavy atom. The number of hydrogen-bond acceptors (Lipinski definition) is 3. The lowest BCUT2D eigenvalue weighted by Crippen LogP contribution is -2.34. The zero-order valence-corrected chi connectivity index (χ0v) is 6.99. The van der Waals surface area contributed by atoms with Gasteiger partial charge in [0, 0.05) is 13.1 Å². The van der Waals surface area contributed by atoms with Gasteiger partial charge < -0.3 is 9.84 Å². The zero-order valence-electron chi connectivity index (χ0n) is 6.99. The Kier molecular flexibility index (Phi) is 2.90. The van der Waals surface area contributed by atoms with E-state index in [1.54, 1.807) is 0 Å². The summed E-state index contributed by atoms with van der Waals surface area (Å²) in [6, 6.07) is 0. The van der Waals surface area contributed by atoms with Crippen molar-refractivity contribution >= 4 is 12.0 Å². The molecule has 1 aliphatic heterocycles. The second-order valence-corrected chi connectivity index (χ2v) is 2.54. The minimum absolute atomic E-state index is 0.270. The Balaban J connectivity index is 2.58. The largest absolute Gasteiger partial charge is 0.483 e. The Morgan fingerprint density at radius 2 is 2.50 bits per heavy atom. The Labute approximate surface area is 70.6 Å². The summed E-state index contributed by atoms with van der Waals surface area (Å²) in [5.74, 6) is 0.495. The summed E-state index contributed by atoms with van der Waals surface area (Å²) in [4.78, 5) is 15.9. The third-order valence-electron chi connectivity index (χ3n) is 1.71.